The van der Waals surface area contributed by atoms with E-state index < -0.39 is 5.97 Å². The topological polar surface area (TPSA) is 37.3 Å². The fraction of sp³-hybridized carbons (Fsp3) is 0. The smallest absolute Gasteiger partial charge is 0.336 e. The van der Waals surface area contributed by atoms with Gasteiger partial charge < -0.3 is 5.11 Å². The van der Waals surface area contributed by atoms with E-state index in [1.165, 1.54) is 6.07 Å². The lowest BCUT2D eigenvalue weighted by Crippen LogP contribution is -1.97. The maximum Gasteiger partial charge on any atom is 0.336 e. The Morgan fingerprint density at radius 1 is 1.07 bits per heavy atom. The van der Waals surface area contributed by atoms with E-state index in [0.717, 1.165) is 0 Å². The molecule has 0 unspecified atom stereocenters. The van der Waals surface area contributed by atoms with Crippen molar-refractivity contribution in [2.75, 3.05) is 0 Å². The number of hydrogen-bond acceptors (Lipinski definition) is 1. The minimum Gasteiger partial charge on any atom is -0.478 e. The number of fused-ring (bicyclic) bond motifs is 1. The zero-order valence-corrected chi connectivity index (χ0v) is 9.01. The van der Waals surface area contributed by atoms with Crippen LogP contribution < -0.4 is 0 Å². The zero-order chi connectivity index (χ0) is 11.0. The first-order valence-electron chi connectivity index (χ1n) is 4.21. The van der Waals surface area contributed by atoms with Crippen molar-refractivity contribution in [2.24, 2.45) is 0 Å². The van der Waals surface area contributed by atoms with Crippen LogP contribution in [0.15, 0.2) is 30.3 Å². The molecule has 0 aliphatic carbocycles. The third kappa shape index (κ3) is 1.66. The van der Waals surface area contributed by atoms with E-state index in [-0.39, 0.29) is 5.56 Å². The van der Waals surface area contributed by atoms with Crippen molar-refractivity contribution in [2.45, 2.75) is 0 Å². The van der Waals surface area contributed by atoms with E-state index in [9.17, 15) is 4.79 Å². The molecule has 0 saturated carbocycles. The number of carbonyl (C=O) groups is 1. The molecule has 0 aliphatic rings. The van der Waals surface area contributed by atoms with Gasteiger partial charge in [0.05, 0.1) is 5.56 Å². The molecule has 2 aromatic carbocycles. The third-order valence-electron chi connectivity index (χ3n) is 2.17. The Hall–Kier alpha value is -1.25. The molecule has 15 heavy (non-hydrogen) atoms. The van der Waals surface area contributed by atoms with E-state index in [0.29, 0.717) is 20.8 Å². The van der Waals surface area contributed by atoms with Gasteiger partial charge in [0, 0.05) is 20.8 Å². The van der Waals surface area contributed by atoms with Crippen molar-refractivity contribution in [1.29, 1.82) is 0 Å². The molecular weight excluding hydrogens is 235 g/mol. The standard InChI is InChI=1S/C11H6Cl2O2/c12-8-4-5-9(13)10-6(8)2-1-3-7(10)11(14)15/h1-5H,(H,14,15). The summed E-state index contributed by atoms with van der Waals surface area (Å²) in [6.45, 7) is 0. The number of carboxylic acid groups (broad SMARTS) is 1. The fourth-order valence-corrected chi connectivity index (χ4v) is 1.99. The SMILES string of the molecule is O=C(O)c1cccc2c(Cl)ccc(Cl)c12. The van der Waals surface area contributed by atoms with Crippen molar-refractivity contribution >= 4 is 39.9 Å². The third-order valence-corrected chi connectivity index (χ3v) is 2.81. The molecule has 2 rings (SSSR count). The van der Waals surface area contributed by atoms with E-state index >= 15 is 0 Å². The van der Waals surface area contributed by atoms with Gasteiger partial charge in [-0.15, -0.1) is 0 Å². The quantitative estimate of drug-likeness (QED) is 0.823. The normalized spacial score (nSPS) is 10.5. The number of benzene rings is 2. The Kier molecular flexibility index (Phi) is 2.55. The minimum absolute atomic E-state index is 0.167. The number of hydrogen-bond donors (Lipinski definition) is 1. The zero-order valence-electron chi connectivity index (χ0n) is 7.50. The van der Waals surface area contributed by atoms with Crippen LogP contribution in [0, 0.1) is 0 Å². The highest BCUT2D eigenvalue weighted by molar-refractivity contribution is 6.41. The van der Waals surface area contributed by atoms with Crippen LogP contribution in [0.5, 0.6) is 0 Å². The summed E-state index contributed by atoms with van der Waals surface area (Å²) in [4.78, 5) is 11.0. The first kappa shape index (κ1) is 10.3. The highest BCUT2D eigenvalue weighted by atomic mass is 35.5. The monoisotopic (exact) mass is 240 g/mol. The van der Waals surface area contributed by atoms with Gasteiger partial charge in [-0.2, -0.15) is 0 Å². The molecule has 0 atom stereocenters. The number of rotatable bonds is 1. The Morgan fingerprint density at radius 2 is 1.73 bits per heavy atom. The predicted molar refractivity (Wildman–Crippen MR) is 60.9 cm³/mol. The van der Waals surface area contributed by atoms with Crippen LogP contribution in [0.3, 0.4) is 0 Å². The maximum absolute atomic E-state index is 11.0. The molecule has 1 N–H and O–H groups in total. The van der Waals surface area contributed by atoms with Gasteiger partial charge in [-0.3, -0.25) is 0 Å². The summed E-state index contributed by atoms with van der Waals surface area (Å²) in [5, 5.41) is 11.0. The van der Waals surface area contributed by atoms with E-state index in [1.54, 1.807) is 24.3 Å². The van der Waals surface area contributed by atoms with Crippen molar-refractivity contribution in [3.8, 4) is 0 Å². The number of halogens is 2. The first-order valence-corrected chi connectivity index (χ1v) is 4.97. The van der Waals surface area contributed by atoms with Gasteiger partial charge in [-0.05, 0) is 18.2 Å². The maximum atomic E-state index is 11.0. The summed E-state index contributed by atoms with van der Waals surface area (Å²) in [6, 6.07) is 8.15. The van der Waals surface area contributed by atoms with Crippen LogP contribution in [0.2, 0.25) is 10.0 Å². The Labute approximate surface area is 96.0 Å². The summed E-state index contributed by atoms with van der Waals surface area (Å²) < 4.78 is 0. The molecule has 0 heterocycles. The summed E-state index contributed by atoms with van der Waals surface area (Å²) in [7, 11) is 0. The molecule has 0 amide bonds. The average Bonchev–Trinajstić information content (AvgIpc) is 2.23. The van der Waals surface area contributed by atoms with E-state index in [4.69, 9.17) is 28.3 Å². The van der Waals surface area contributed by atoms with Gasteiger partial charge in [0.15, 0.2) is 0 Å². The van der Waals surface area contributed by atoms with E-state index in [2.05, 4.69) is 0 Å². The van der Waals surface area contributed by atoms with Gasteiger partial charge >= 0.3 is 5.97 Å². The summed E-state index contributed by atoms with van der Waals surface area (Å²) in [5.41, 5.74) is 0.167. The molecule has 0 aliphatic heterocycles. The molecule has 0 aromatic heterocycles. The van der Waals surface area contributed by atoms with Gasteiger partial charge in [0.2, 0.25) is 0 Å². The van der Waals surface area contributed by atoms with Crippen molar-refractivity contribution < 1.29 is 9.90 Å². The van der Waals surface area contributed by atoms with Crippen LogP contribution in [-0.4, -0.2) is 11.1 Å². The molecule has 0 spiro atoms. The van der Waals surface area contributed by atoms with Crippen LogP contribution in [0.1, 0.15) is 10.4 Å². The molecule has 0 fully saturated rings. The second kappa shape index (κ2) is 3.72. The second-order valence-electron chi connectivity index (χ2n) is 3.06. The van der Waals surface area contributed by atoms with Crippen molar-refractivity contribution in [3.05, 3.63) is 45.9 Å². The summed E-state index contributed by atoms with van der Waals surface area (Å²) in [6.07, 6.45) is 0. The van der Waals surface area contributed by atoms with Crippen LogP contribution in [0.25, 0.3) is 10.8 Å². The predicted octanol–water partition coefficient (Wildman–Crippen LogP) is 3.84. The van der Waals surface area contributed by atoms with Crippen molar-refractivity contribution in [1.82, 2.24) is 0 Å². The molecular formula is C11H6Cl2O2. The number of carboxylic acids is 1. The van der Waals surface area contributed by atoms with Gasteiger partial charge in [0.1, 0.15) is 0 Å². The van der Waals surface area contributed by atoms with Crippen LogP contribution in [-0.2, 0) is 0 Å². The van der Waals surface area contributed by atoms with Crippen molar-refractivity contribution in [3.63, 3.8) is 0 Å². The lowest BCUT2D eigenvalue weighted by atomic mass is 10.0. The lowest BCUT2D eigenvalue weighted by Gasteiger charge is -2.05. The molecule has 0 saturated heterocycles. The highest BCUT2D eigenvalue weighted by Crippen LogP contribution is 2.32. The molecule has 2 nitrogen and oxygen atoms in total. The molecule has 76 valence electrons. The summed E-state index contributed by atoms with van der Waals surface area (Å²) >= 11 is 11.9. The molecule has 4 heteroatoms. The molecule has 0 bridgehead atoms. The van der Waals surface area contributed by atoms with Gasteiger partial charge in [-0.1, -0.05) is 35.3 Å². The Balaban J connectivity index is 2.96. The minimum atomic E-state index is -1.01. The fourth-order valence-electron chi connectivity index (χ4n) is 1.51. The molecule has 0 radical (unpaired) electrons. The Bertz CT molecular complexity index is 550. The average molecular weight is 241 g/mol. The van der Waals surface area contributed by atoms with E-state index in [1.807, 2.05) is 0 Å². The van der Waals surface area contributed by atoms with Crippen LogP contribution >= 0.6 is 23.2 Å². The number of aromatic carboxylic acids is 1. The Morgan fingerprint density at radius 3 is 2.40 bits per heavy atom. The largest absolute Gasteiger partial charge is 0.478 e. The van der Waals surface area contributed by atoms with Crippen LogP contribution in [0.4, 0.5) is 0 Å². The first-order chi connectivity index (χ1) is 7.11. The lowest BCUT2D eigenvalue weighted by molar-refractivity contribution is 0.0699. The highest BCUT2D eigenvalue weighted by Gasteiger charge is 2.12. The van der Waals surface area contributed by atoms with Gasteiger partial charge in [0.25, 0.3) is 0 Å². The van der Waals surface area contributed by atoms with Gasteiger partial charge in [-0.25, -0.2) is 4.79 Å². The molecule has 2 aromatic rings. The summed E-state index contributed by atoms with van der Waals surface area (Å²) in [5.74, 6) is -1.01. The second-order valence-corrected chi connectivity index (χ2v) is 3.88.